The number of nitrogens with one attached hydrogen (secondary N) is 1. The van der Waals surface area contributed by atoms with Crippen LogP contribution in [0.15, 0.2) is 24.5 Å². The van der Waals surface area contributed by atoms with E-state index in [0.29, 0.717) is 36.7 Å². The average molecular weight is 365 g/mol. The third-order valence-corrected chi connectivity index (χ3v) is 4.09. The van der Waals surface area contributed by atoms with Crippen molar-refractivity contribution in [1.29, 1.82) is 0 Å². The van der Waals surface area contributed by atoms with E-state index in [0.717, 1.165) is 12.8 Å². The van der Waals surface area contributed by atoms with Crippen LogP contribution in [0.1, 0.15) is 23.2 Å². The third-order valence-electron chi connectivity index (χ3n) is 3.82. The zero-order chi connectivity index (χ0) is 18.2. The fourth-order valence-electron chi connectivity index (χ4n) is 2.40. The van der Waals surface area contributed by atoms with E-state index in [1.54, 1.807) is 20.0 Å². The zero-order valence-corrected chi connectivity index (χ0v) is 15.0. The molecule has 0 saturated heterocycles. The van der Waals surface area contributed by atoms with E-state index in [4.69, 9.17) is 16.3 Å². The second-order valence-electron chi connectivity index (χ2n) is 5.60. The van der Waals surface area contributed by atoms with Crippen molar-refractivity contribution in [2.24, 2.45) is 0 Å². The Morgan fingerprint density at radius 2 is 2.16 bits per heavy atom. The van der Waals surface area contributed by atoms with E-state index in [9.17, 15) is 10.1 Å². The molecular weight excluding hydrogens is 344 g/mol. The molecule has 0 aliphatic rings. The molecule has 2 rings (SSSR count). The number of nitro groups is 1. The first-order chi connectivity index (χ1) is 12.0. The van der Waals surface area contributed by atoms with Crippen molar-refractivity contribution in [1.82, 2.24) is 9.97 Å². The monoisotopic (exact) mass is 364 g/mol. The van der Waals surface area contributed by atoms with Gasteiger partial charge in [0.05, 0.1) is 11.5 Å². The summed E-state index contributed by atoms with van der Waals surface area (Å²) in [5.74, 6) is 0. The largest absolute Gasteiger partial charge is 0.380 e. The molecule has 2 aromatic rings. The number of halogens is 1. The van der Waals surface area contributed by atoms with E-state index >= 15 is 0 Å². The van der Waals surface area contributed by atoms with Crippen LogP contribution in [0.4, 0.5) is 11.4 Å². The lowest BCUT2D eigenvalue weighted by Gasteiger charge is -2.12. The van der Waals surface area contributed by atoms with Gasteiger partial charge in [0, 0.05) is 36.8 Å². The molecule has 0 atom stereocenters. The van der Waals surface area contributed by atoms with Crippen molar-refractivity contribution >= 4 is 23.0 Å². The molecule has 0 bridgehead atoms. The minimum Gasteiger partial charge on any atom is -0.380 e. The van der Waals surface area contributed by atoms with E-state index in [-0.39, 0.29) is 10.8 Å². The number of aryl methyl sites for hydroxylation is 2. The van der Waals surface area contributed by atoms with Gasteiger partial charge in [0.1, 0.15) is 5.69 Å². The maximum Gasteiger partial charge on any atom is 0.329 e. The summed E-state index contributed by atoms with van der Waals surface area (Å²) in [5, 5.41) is 14.2. The lowest BCUT2D eigenvalue weighted by atomic mass is 10.1. The molecule has 2 heterocycles. The van der Waals surface area contributed by atoms with Crippen molar-refractivity contribution in [2.45, 2.75) is 26.7 Å². The molecule has 0 fully saturated rings. The number of ether oxygens (including phenoxy) is 1. The molecule has 0 aliphatic carbocycles. The first-order valence-electron chi connectivity index (χ1n) is 8.02. The predicted octanol–water partition coefficient (Wildman–Crippen LogP) is 3.72. The number of pyridine rings is 2. The van der Waals surface area contributed by atoms with Gasteiger partial charge in [0.2, 0.25) is 5.15 Å². The van der Waals surface area contributed by atoms with Crippen LogP contribution in [0.3, 0.4) is 0 Å². The van der Waals surface area contributed by atoms with E-state index in [2.05, 4.69) is 15.3 Å². The lowest BCUT2D eigenvalue weighted by molar-refractivity contribution is -0.384. The predicted molar refractivity (Wildman–Crippen MR) is 97.2 cm³/mol. The molecule has 0 spiro atoms. The Labute approximate surface area is 151 Å². The minimum atomic E-state index is -0.515. The van der Waals surface area contributed by atoms with Crippen LogP contribution in [-0.2, 0) is 11.2 Å². The van der Waals surface area contributed by atoms with Gasteiger partial charge < -0.3 is 10.1 Å². The van der Waals surface area contributed by atoms with Crippen LogP contribution in [0.2, 0.25) is 5.15 Å². The number of hydrogen-bond acceptors (Lipinski definition) is 6. The summed E-state index contributed by atoms with van der Waals surface area (Å²) in [7, 11) is 0. The van der Waals surface area contributed by atoms with Crippen LogP contribution in [-0.4, -0.2) is 34.6 Å². The van der Waals surface area contributed by atoms with Gasteiger partial charge in [-0.05, 0) is 38.3 Å². The molecule has 0 aromatic carbocycles. The van der Waals surface area contributed by atoms with Crippen molar-refractivity contribution in [3.63, 3.8) is 0 Å². The summed E-state index contributed by atoms with van der Waals surface area (Å²) in [4.78, 5) is 18.8. The third kappa shape index (κ3) is 5.37. The van der Waals surface area contributed by atoms with Crippen LogP contribution in [0.5, 0.6) is 0 Å². The van der Waals surface area contributed by atoms with Gasteiger partial charge in [-0.25, -0.2) is 4.98 Å². The Balaban J connectivity index is 1.79. The Hall–Kier alpha value is -2.25. The van der Waals surface area contributed by atoms with Gasteiger partial charge in [0.25, 0.3) is 0 Å². The summed E-state index contributed by atoms with van der Waals surface area (Å²) in [6.45, 7) is 5.07. The van der Waals surface area contributed by atoms with Crippen LogP contribution in [0, 0.1) is 24.0 Å². The molecule has 0 radical (unpaired) electrons. The smallest absolute Gasteiger partial charge is 0.329 e. The summed E-state index contributed by atoms with van der Waals surface area (Å²) in [6.07, 6.45) is 5.40. The molecule has 25 heavy (non-hydrogen) atoms. The Morgan fingerprint density at radius 1 is 1.36 bits per heavy atom. The highest BCUT2D eigenvalue weighted by atomic mass is 35.5. The highest BCUT2D eigenvalue weighted by Crippen LogP contribution is 2.35. The second kappa shape index (κ2) is 9.29. The maximum atomic E-state index is 11.2. The van der Waals surface area contributed by atoms with E-state index < -0.39 is 4.92 Å². The fraction of sp³-hybridized carbons (Fsp3) is 0.412. The van der Waals surface area contributed by atoms with Crippen LogP contribution >= 0.6 is 11.6 Å². The number of rotatable bonds is 9. The van der Waals surface area contributed by atoms with Crippen LogP contribution < -0.4 is 5.32 Å². The first kappa shape index (κ1) is 19.1. The molecular formula is C17H21ClN4O3. The Bertz CT molecular complexity index is 726. The topological polar surface area (TPSA) is 90.2 Å². The minimum absolute atomic E-state index is 0.104. The van der Waals surface area contributed by atoms with E-state index in [1.165, 1.54) is 5.56 Å². The van der Waals surface area contributed by atoms with Gasteiger partial charge >= 0.3 is 5.69 Å². The summed E-state index contributed by atoms with van der Waals surface area (Å²) in [5.41, 5.74) is 2.77. The van der Waals surface area contributed by atoms with Crippen molar-refractivity contribution in [2.75, 3.05) is 25.1 Å². The molecule has 0 unspecified atom stereocenters. The Kier molecular flexibility index (Phi) is 7.09. The number of hydrogen-bond donors (Lipinski definition) is 1. The molecule has 0 amide bonds. The SMILES string of the molecule is Cc1nc(Cl)c([N+](=O)[O-])c(NCCOCCCc2cccnc2)c1C. The zero-order valence-electron chi connectivity index (χ0n) is 14.3. The molecule has 0 aliphatic heterocycles. The standard InChI is InChI=1S/C17H21ClN4O3/c1-12-13(2)21-17(18)16(22(23)24)15(12)20-8-10-25-9-4-6-14-5-3-7-19-11-14/h3,5,7,11H,4,6,8-10H2,1-2H3,(H,20,21). The van der Waals surface area contributed by atoms with Gasteiger partial charge in [0.15, 0.2) is 0 Å². The first-order valence-corrected chi connectivity index (χ1v) is 8.40. The molecule has 8 heteroatoms. The Morgan fingerprint density at radius 3 is 2.84 bits per heavy atom. The number of aromatic nitrogens is 2. The highest BCUT2D eigenvalue weighted by Gasteiger charge is 2.23. The quantitative estimate of drug-likeness (QED) is 0.315. The van der Waals surface area contributed by atoms with Crippen molar-refractivity contribution < 1.29 is 9.66 Å². The normalized spacial score (nSPS) is 10.7. The summed E-state index contributed by atoms with van der Waals surface area (Å²) < 4.78 is 5.58. The maximum absolute atomic E-state index is 11.2. The number of nitrogens with zero attached hydrogens (tertiary/aromatic N) is 3. The fourth-order valence-corrected chi connectivity index (χ4v) is 2.69. The molecule has 0 saturated carbocycles. The highest BCUT2D eigenvalue weighted by molar-refractivity contribution is 6.32. The molecule has 1 N–H and O–H groups in total. The van der Waals surface area contributed by atoms with Gasteiger partial charge in [-0.15, -0.1) is 0 Å². The van der Waals surface area contributed by atoms with Crippen molar-refractivity contribution in [3.8, 4) is 0 Å². The molecule has 7 nitrogen and oxygen atoms in total. The van der Waals surface area contributed by atoms with Gasteiger partial charge in [-0.2, -0.15) is 0 Å². The second-order valence-corrected chi connectivity index (χ2v) is 5.96. The van der Waals surface area contributed by atoms with Crippen LogP contribution in [0.25, 0.3) is 0 Å². The van der Waals surface area contributed by atoms with Gasteiger partial charge in [-0.1, -0.05) is 17.7 Å². The number of anilines is 1. The molecule has 2 aromatic heterocycles. The van der Waals surface area contributed by atoms with E-state index in [1.807, 2.05) is 18.3 Å². The average Bonchev–Trinajstić information content (AvgIpc) is 2.58. The van der Waals surface area contributed by atoms with Crippen molar-refractivity contribution in [3.05, 3.63) is 56.6 Å². The summed E-state index contributed by atoms with van der Waals surface area (Å²) >= 11 is 5.91. The van der Waals surface area contributed by atoms with Gasteiger partial charge in [-0.3, -0.25) is 15.1 Å². The summed E-state index contributed by atoms with van der Waals surface area (Å²) in [6, 6.07) is 3.95. The lowest BCUT2D eigenvalue weighted by Crippen LogP contribution is -2.13. The molecule has 134 valence electrons.